The molecule has 1 amide bonds. The van der Waals surface area contributed by atoms with E-state index < -0.39 is 30.5 Å². The molecule has 0 aromatic rings. The molecule has 21 heavy (non-hydrogen) atoms. The van der Waals surface area contributed by atoms with Crippen LogP contribution in [-0.4, -0.2) is 71.6 Å². The van der Waals surface area contributed by atoms with Crippen LogP contribution >= 0.6 is 0 Å². The van der Waals surface area contributed by atoms with Gasteiger partial charge in [-0.3, -0.25) is 4.90 Å². The summed E-state index contributed by atoms with van der Waals surface area (Å²) in [6.45, 7) is 4.87. The fourth-order valence-corrected chi connectivity index (χ4v) is 2.16. The molecule has 1 aliphatic heterocycles. The number of aliphatic hydroxyl groups is 1. The summed E-state index contributed by atoms with van der Waals surface area (Å²) in [4.78, 5) is 14.2. The maximum atomic E-state index is 13.1. The number of amides is 1. The van der Waals surface area contributed by atoms with E-state index in [9.17, 15) is 18.0 Å². The minimum absolute atomic E-state index is 0.115. The molecule has 1 atom stereocenters. The van der Waals surface area contributed by atoms with Crippen LogP contribution in [0.15, 0.2) is 0 Å². The number of rotatable bonds is 3. The number of nitrogens with zero attached hydrogens (tertiary/aromatic N) is 2. The number of aliphatic hydroxyl groups excluding tert-OH is 1. The molecule has 1 fully saturated rings. The van der Waals surface area contributed by atoms with E-state index in [-0.39, 0.29) is 32.7 Å². The highest BCUT2D eigenvalue weighted by atomic mass is 19.4. The molecule has 1 N–H and O–H groups in total. The first-order chi connectivity index (χ1) is 9.54. The second kappa shape index (κ2) is 6.83. The predicted octanol–water partition coefficient (Wildman–Crippen LogP) is 1.85. The minimum Gasteiger partial charge on any atom is -0.444 e. The van der Waals surface area contributed by atoms with E-state index in [1.807, 2.05) is 0 Å². The van der Waals surface area contributed by atoms with E-state index in [1.54, 1.807) is 20.8 Å². The van der Waals surface area contributed by atoms with E-state index in [2.05, 4.69) is 0 Å². The first-order valence-corrected chi connectivity index (χ1v) is 6.94. The third-order valence-electron chi connectivity index (χ3n) is 3.12. The molecule has 1 aliphatic rings. The number of carbonyl (C=O) groups excluding carboxylic acids is 1. The van der Waals surface area contributed by atoms with Crippen LogP contribution in [0.2, 0.25) is 0 Å². The van der Waals surface area contributed by atoms with Crippen molar-refractivity contribution in [1.29, 1.82) is 0 Å². The molecule has 1 rings (SSSR count). The number of piperazine rings is 1. The van der Waals surface area contributed by atoms with Gasteiger partial charge in [-0.2, -0.15) is 13.2 Å². The Morgan fingerprint density at radius 1 is 1.29 bits per heavy atom. The first kappa shape index (κ1) is 18.0. The second-order valence-electron chi connectivity index (χ2n) is 6.10. The summed E-state index contributed by atoms with van der Waals surface area (Å²) in [6.07, 6.45) is -4.87. The Morgan fingerprint density at radius 2 is 1.90 bits per heavy atom. The molecule has 0 aliphatic carbocycles. The van der Waals surface area contributed by atoms with Crippen LogP contribution in [0.4, 0.5) is 18.0 Å². The molecular formula is C13H23F3N2O3. The van der Waals surface area contributed by atoms with Crippen molar-refractivity contribution in [3.63, 3.8) is 0 Å². The monoisotopic (exact) mass is 312 g/mol. The highest BCUT2D eigenvalue weighted by Gasteiger charge is 2.47. The summed E-state index contributed by atoms with van der Waals surface area (Å²) in [5.74, 6) is 0. The van der Waals surface area contributed by atoms with Crippen molar-refractivity contribution < 1.29 is 27.8 Å². The Morgan fingerprint density at radius 3 is 2.38 bits per heavy atom. The molecule has 5 nitrogen and oxygen atoms in total. The summed E-state index contributed by atoms with van der Waals surface area (Å²) in [7, 11) is 0. The molecule has 0 saturated carbocycles. The average molecular weight is 312 g/mol. The predicted molar refractivity (Wildman–Crippen MR) is 70.9 cm³/mol. The van der Waals surface area contributed by atoms with Gasteiger partial charge >= 0.3 is 12.3 Å². The van der Waals surface area contributed by atoms with Crippen molar-refractivity contribution in [2.45, 2.75) is 45.0 Å². The van der Waals surface area contributed by atoms with Crippen LogP contribution < -0.4 is 0 Å². The molecule has 8 heteroatoms. The summed E-state index contributed by atoms with van der Waals surface area (Å²) < 4.78 is 44.4. The van der Waals surface area contributed by atoms with Gasteiger partial charge in [0.2, 0.25) is 0 Å². The van der Waals surface area contributed by atoms with Crippen LogP contribution in [0.5, 0.6) is 0 Å². The summed E-state index contributed by atoms with van der Waals surface area (Å²) in [5.41, 5.74) is -0.737. The number of hydrogen-bond acceptors (Lipinski definition) is 4. The lowest BCUT2D eigenvalue weighted by Crippen LogP contribution is -2.60. The zero-order valence-corrected chi connectivity index (χ0v) is 12.6. The van der Waals surface area contributed by atoms with Crippen LogP contribution in [0.25, 0.3) is 0 Å². The van der Waals surface area contributed by atoms with Crippen molar-refractivity contribution >= 4 is 6.09 Å². The topological polar surface area (TPSA) is 53.0 Å². The molecule has 0 aromatic heterocycles. The van der Waals surface area contributed by atoms with Gasteiger partial charge in [0.1, 0.15) is 11.6 Å². The first-order valence-electron chi connectivity index (χ1n) is 6.94. The van der Waals surface area contributed by atoms with Crippen LogP contribution in [0, 0.1) is 0 Å². The van der Waals surface area contributed by atoms with Gasteiger partial charge in [0.25, 0.3) is 0 Å². The molecule has 124 valence electrons. The van der Waals surface area contributed by atoms with Crippen molar-refractivity contribution in [1.82, 2.24) is 9.80 Å². The third kappa shape index (κ3) is 5.70. The fraction of sp³-hybridized carbons (Fsp3) is 0.923. The fourth-order valence-electron chi connectivity index (χ4n) is 2.16. The largest absolute Gasteiger partial charge is 0.444 e. The van der Waals surface area contributed by atoms with Gasteiger partial charge in [-0.05, 0) is 27.2 Å². The van der Waals surface area contributed by atoms with Gasteiger partial charge in [-0.25, -0.2) is 4.79 Å². The van der Waals surface area contributed by atoms with Crippen molar-refractivity contribution in [2.75, 3.05) is 32.8 Å². The molecule has 0 bridgehead atoms. The molecule has 0 unspecified atom stereocenters. The Bertz CT molecular complexity index is 356. The highest BCUT2D eigenvalue weighted by Crippen LogP contribution is 2.28. The van der Waals surface area contributed by atoms with E-state index in [0.717, 1.165) is 4.90 Å². The Kier molecular flexibility index (Phi) is 5.86. The zero-order valence-electron chi connectivity index (χ0n) is 12.6. The standard InChI is InChI=1S/C13H23F3N2O3/c1-12(2,3)21-11(20)18-7-6-17(5-4-8-19)10(9-18)13(14,15)16/h10,19H,4-9H2,1-3H3/t10-/m1/s1. The van der Waals surface area contributed by atoms with Gasteiger partial charge in [-0.15, -0.1) is 0 Å². The second-order valence-corrected chi connectivity index (χ2v) is 6.10. The Hall–Kier alpha value is -1.02. The lowest BCUT2D eigenvalue weighted by Gasteiger charge is -2.42. The van der Waals surface area contributed by atoms with E-state index in [4.69, 9.17) is 9.84 Å². The summed E-state index contributed by atoms with van der Waals surface area (Å²) in [6, 6.07) is -1.72. The smallest absolute Gasteiger partial charge is 0.410 e. The maximum absolute atomic E-state index is 13.1. The van der Waals surface area contributed by atoms with E-state index >= 15 is 0 Å². The number of ether oxygens (including phenoxy) is 1. The molecule has 1 saturated heterocycles. The van der Waals surface area contributed by atoms with Gasteiger partial charge in [0.15, 0.2) is 0 Å². The minimum atomic E-state index is -4.42. The lowest BCUT2D eigenvalue weighted by molar-refractivity contribution is -0.195. The highest BCUT2D eigenvalue weighted by molar-refractivity contribution is 5.68. The normalized spacial score (nSPS) is 21.5. The van der Waals surface area contributed by atoms with E-state index in [1.165, 1.54) is 4.90 Å². The number of alkyl halides is 3. The molecule has 0 aromatic carbocycles. The van der Waals surface area contributed by atoms with Gasteiger partial charge in [0, 0.05) is 32.8 Å². The van der Waals surface area contributed by atoms with Crippen LogP contribution in [0.3, 0.4) is 0 Å². The number of halogens is 3. The van der Waals surface area contributed by atoms with Crippen molar-refractivity contribution in [3.8, 4) is 0 Å². The van der Waals surface area contributed by atoms with Gasteiger partial charge in [0.05, 0.1) is 0 Å². The summed E-state index contributed by atoms with van der Waals surface area (Å²) >= 11 is 0. The van der Waals surface area contributed by atoms with E-state index in [0.29, 0.717) is 0 Å². The average Bonchev–Trinajstić information content (AvgIpc) is 2.33. The maximum Gasteiger partial charge on any atom is 0.410 e. The molecule has 0 radical (unpaired) electrons. The third-order valence-corrected chi connectivity index (χ3v) is 3.12. The Labute approximate surface area is 122 Å². The zero-order chi connectivity index (χ0) is 16.3. The van der Waals surface area contributed by atoms with Crippen LogP contribution in [0.1, 0.15) is 27.2 Å². The van der Waals surface area contributed by atoms with Crippen LogP contribution in [-0.2, 0) is 4.74 Å². The molecule has 0 spiro atoms. The van der Waals surface area contributed by atoms with Gasteiger partial charge in [-0.1, -0.05) is 0 Å². The molecular weight excluding hydrogens is 289 g/mol. The quantitative estimate of drug-likeness (QED) is 0.864. The molecule has 1 heterocycles. The lowest BCUT2D eigenvalue weighted by atomic mass is 10.1. The summed E-state index contributed by atoms with van der Waals surface area (Å²) in [5, 5.41) is 8.76. The van der Waals surface area contributed by atoms with Gasteiger partial charge < -0.3 is 14.7 Å². The SMILES string of the molecule is CC(C)(C)OC(=O)N1CCN(CCCO)[C@@H](C(F)(F)F)C1. The Balaban J connectivity index is 2.72. The van der Waals surface area contributed by atoms with Crippen molar-refractivity contribution in [3.05, 3.63) is 0 Å². The number of hydrogen-bond donors (Lipinski definition) is 1. The van der Waals surface area contributed by atoms with Crippen molar-refractivity contribution in [2.24, 2.45) is 0 Å². The number of carbonyl (C=O) groups is 1.